The van der Waals surface area contributed by atoms with Crippen LogP contribution in [0.25, 0.3) is 0 Å². The molecule has 1 aromatic carbocycles. The molecule has 0 atom stereocenters. The summed E-state index contributed by atoms with van der Waals surface area (Å²) in [4.78, 5) is 12.5. The second kappa shape index (κ2) is 6.60. The number of anilines is 1. The van der Waals surface area contributed by atoms with Crippen LogP contribution in [0, 0.1) is 5.92 Å². The Bertz CT molecular complexity index is 619. The minimum Gasteiger partial charge on any atom is -0.497 e. The van der Waals surface area contributed by atoms with Crippen molar-refractivity contribution in [2.45, 2.75) is 52.0 Å². The summed E-state index contributed by atoms with van der Waals surface area (Å²) in [6.45, 7) is 3.97. The molecule has 0 saturated heterocycles. The third kappa shape index (κ3) is 3.19. The lowest BCUT2D eigenvalue weighted by atomic mass is 9.83. The largest absolute Gasteiger partial charge is 0.497 e. The first-order valence-corrected chi connectivity index (χ1v) is 8.47. The van der Waals surface area contributed by atoms with E-state index in [1.807, 2.05) is 32.0 Å². The Balaban J connectivity index is 2.07. The Hall–Kier alpha value is -2.04. The van der Waals surface area contributed by atoms with E-state index in [2.05, 4.69) is 5.32 Å². The van der Waals surface area contributed by atoms with E-state index in [4.69, 9.17) is 9.84 Å². The van der Waals surface area contributed by atoms with Gasteiger partial charge in [-0.15, -0.1) is 0 Å². The van der Waals surface area contributed by atoms with Crippen LogP contribution in [0.1, 0.15) is 51.5 Å². The predicted molar refractivity (Wildman–Crippen MR) is 92.1 cm³/mol. The lowest BCUT2D eigenvalue weighted by Crippen LogP contribution is -2.35. The molecule has 0 spiro atoms. The van der Waals surface area contributed by atoms with Gasteiger partial charge in [-0.3, -0.25) is 0 Å². The van der Waals surface area contributed by atoms with E-state index in [0.29, 0.717) is 5.92 Å². The smallest absolute Gasteiger partial charge is 0.342 e. The van der Waals surface area contributed by atoms with E-state index in [0.717, 1.165) is 35.6 Å². The number of nitrogens with zero attached hydrogens (tertiary/aromatic N) is 2. The van der Waals surface area contributed by atoms with Gasteiger partial charge in [-0.2, -0.15) is 5.10 Å². The Kier molecular flexibility index (Phi) is 4.55. The fraction of sp³-hybridized carbons (Fsp3) is 0.556. The molecule has 23 heavy (non-hydrogen) atoms. The standard InChI is InChI=1S/C18H25N3O2/c1-12(2)21-18(22)19-16-11-14(23-3)9-10-15(16)17(20-21)13-7-5-4-6-8-13/h9-13H,4-8H2,1-3H3,(H,19,22). The Morgan fingerprint density at radius 3 is 2.65 bits per heavy atom. The van der Waals surface area contributed by atoms with E-state index in [1.165, 1.54) is 19.3 Å². The summed E-state index contributed by atoms with van der Waals surface area (Å²) in [7, 11) is 1.64. The van der Waals surface area contributed by atoms with Crippen LogP contribution in [-0.4, -0.2) is 29.9 Å². The number of carbonyl (C=O) groups is 1. The first kappa shape index (κ1) is 15.8. The van der Waals surface area contributed by atoms with Gasteiger partial charge in [0.25, 0.3) is 0 Å². The molecule has 1 aliphatic heterocycles. The topological polar surface area (TPSA) is 53.9 Å². The van der Waals surface area contributed by atoms with E-state index >= 15 is 0 Å². The highest BCUT2D eigenvalue weighted by Crippen LogP contribution is 2.33. The summed E-state index contributed by atoms with van der Waals surface area (Å²) in [6, 6.07) is 5.68. The van der Waals surface area contributed by atoms with E-state index in [1.54, 1.807) is 12.1 Å². The van der Waals surface area contributed by atoms with Crippen LogP contribution in [0.4, 0.5) is 10.5 Å². The zero-order valence-corrected chi connectivity index (χ0v) is 14.1. The number of methoxy groups -OCH3 is 1. The summed E-state index contributed by atoms with van der Waals surface area (Å²) >= 11 is 0. The molecule has 1 aromatic rings. The molecule has 1 saturated carbocycles. The number of hydrogen-bond acceptors (Lipinski definition) is 3. The minimum absolute atomic E-state index is 0.0183. The van der Waals surface area contributed by atoms with Gasteiger partial charge in [-0.25, -0.2) is 9.80 Å². The number of hydrazone groups is 1. The van der Waals surface area contributed by atoms with Crippen molar-refractivity contribution in [3.63, 3.8) is 0 Å². The second-order valence-corrected chi connectivity index (χ2v) is 6.60. The Morgan fingerprint density at radius 2 is 2.00 bits per heavy atom. The van der Waals surface area contributed by atoms with Crippen molar-refractivity contribution < 1.29 is 9.53 Å². The molecule has 5 heteroatoms. The monoisotopic (exact) mass is 315 g/mol. The zero-order valence-electron chi connectivity index (χ0n) is 14.1. The lowest BCUT2D eigenvalue weighted by Gasteiger charge is -2.25. The quantitative estimate of drug-likeness (QED) is 0.907. The first-order chi connectivity index (χ1) is 11.1. The number of urea groups is 1. The average Bonchev–Trinajstić information content (AvgIpc) is 2.70. The molecular formula is C18H25N3O2. The summed E-state index contributed by atoms with van der Waals surface area (Å²) in [6.07, 6.45) is 6.05. The van der Waals surface area contributed by atoms with Gasteiger partial charge in [0, 0.05) is 17.5 Å². The summed E-state index contributed by atoms with van der Waals surface area (Å²) in [5, 5.41) is 9.33. The van der Waals surface area contributed by atoms with E-state index in [9.17, 15) is 4.79 Å². The number of hydrogen-bond donors (Lipinski definition) is 1. The van der Waals surface area contributed by atoms with Crippen molar-refractivity contribution in [2.75, 3.05) is 12.4 Å². The van der Waals surface area contributed by atoms with Crippen LogP contribution in [0.3, 0.4) is 0 Å². The summed E-state index contributed by atoms with van der Waals surface area (Å²) in [5.74, 6) is 1.16. The van der Waals surface area contributed by atoms with Crippen LogP contribution in [-0.2, 0) is 0 Å². The van der Waals surface area contributed by atoms with Crippen molar-refractivity contribution in [3.05, 3.63) is 23.8 Å². The first-order valence-electron chi connectivity index (χ1n) is 8.47. The van der Waals surface area contributed by atoms with Crippen LogP contribution in [0.15, 0.2) is 23.3 Å². The Morgan fingerprint density at radius 1 is 1.26 bits per heavy atom. The maximum atomic E-state index is 12.5. The molecular weight excluding hydrogens is 290 g/mol. The van der Waals surface area contributed by atoms with Gasteiger partial charge in [0.05, 0.1) is 24.6 Å². The van der Waals surface area contributed by atoms with Crippen molar-refractivity contribution in [2.24, 2.45) is 11.0 Å². The number of amides is 2. The van der Waals surface area contributed by atoms with Gasteiger partial charge < -0.3 is 10.1 Å². The van der Waals surface area contributed by atoms with Crippen molar-refractivity contribution in [3.8, 4) is 5.75 Å². The third-order valence-electron chi connectivity index (χ3n) is 4.65. The van der Waals surface area contributed by atoms with Gasteiger partial charge in [-0.05, 0) is 38.8 Å². The highest BCUT2D eigenvalue weighted by molar-refractivity contribution is 6.11. The molecule has 1 heterocycles. The highest BCUT2D eigenvalue weighted by Gasteiger charge is 2.29. The maximum Gasteiger partial charge on any atom is 0.342 e. The molecule has 1 aliphatic carbocycles. The van der Waals surface area contributed by atoms with Crippen LogP contribution >= 0.6 is 0 Å². The van der Waals surface area contributed by atoms with Crippen LogP contribution in [0.2, 0.25) is 0 Å². The van der Waals surface area contributed by atoms with Gasteiger partial charge >= 0.3 is 6.03 Å². The number of ether oxygens (including phenoxy) is 1. The average molecular weight is 315 g/mol. The summed E-state index contributed by atoms with van der Waals surface area (Å²) in [5.41, 5.74) is 2.85. The van der Waals surface area contributed by atoms with E-state index < -0.39 is 0 Å². The van der Waals surface area contributed by atoms with Gasteiger partial charge in [0.15, 0.2) is 0 Å². The van der Waals surface area contributed by atoms with Crippen molar-refractivity contribution >= 4 is 17.4 Å². The molecule has 0 bridgehead atoms. The van der Waals surface area contributed by atoms with Crippen LogP contribution < -0.4 is 10.1 Å². The molecule has 5 nitrogen and oxygen atoms in total. The van der Waals surface area contributed by atoms with Gasteiger partial charge in [0.1, 0.15) is 5.75 Å². The molecule has 2 amide bonds. The highest BCUT2D eigenvalue weighted by atomic mass is 16.5. The number of fused-ring (bicyclic) bond motifs is 1. The van der Waals surface area contributed by atoms with Crippen molar-refractivity contribution in [1.29, 1.82) is 0 Å². The zero-order chi connectivity index (χ0) is 16.4. The second-order valence-electron chi connectivity index (χ2n) is 6.60. The maximum absolute atomic E-state index is 12.5. The number of rotatable bonds is 3. The summed E-state index contributed by atoms with van der Waals surface area (Å²) < 4.78 is 5.31. The minimum atomic E-state index is -0.180. The van der Waals surface area contributed by atoms with Crippen LogP contribution in [0.5, 0.6) is 5.75 Å². The van der Waals surface area contributed by atoms with Gasteiger partial charge in [0.2, 0.25) is 0 Å². The lowest BCUT2D eigenvalue weighted by molar-refractivity contribution is 0.200. The van der Waals surface area contributed by atoms with Gasteiger partial charge in [-0.1, -0.05) is 19.3 Å². The molecule has 124 valence electrons. The van der Waals surface area contributed by atoms with Crippen molar-refractivity contribution in [1.82, 2.24) is 5.01 Å². The molecule has 3 rings (SSSR count). The fourth-order valence-electron chi connectivity index (χ4n) is 3.39. The number of benzene rings is 1. The molecule has 2 aliphatic rings. The number of carbonyl (C=O) groups excluding carboxylic acids is 1. The van der Waals surface area contributed by atoms with E-state index in [-0.39, 0.29) is 12.1 Å². The Labute approximate surface area is 137 Å². The predicted octanol–water partition coefficient (Wildman–Crippen LogP) is 4.24. The third-order valence-corrected chi connectivity index (χ3v) is 4.65. The molecule has 0 unspecified atom stereocenters. The normalized spacial score (nSPS) is 19.0. The number of nitrogens with one attached hydrogen (secondary N) is 1. The molecule has 0 radical (unpaired) electrons. The SMILES string of the molecule is COc1ccc2c(c1)NC(=O)N(C(C)C)N=C2C1CCCCC1. The molecule has 1 N–H and O–H groups in total. The molecule has 0 aromatic heterocycles. The fourth-order valence-corrected chi connectivity index (χ4v) is 3.39. The molecule has 1 fully saturated rings.